The van der Waals surface area contributed by atoms with Gasteiger partial charge in [0.2, 0.25) is 0 Å². The Morgan fingerprint density at radius 2 is 2.08 bits per heavy atom. The van der Waals surface area contributed by atoms with Gasteiger partial charge in [-0.05, 0) is 22.0 Å². The predicted octanol–water partition coefficient (Wildman–Crippen LogP) is 2.92. The number of benzene rings is 1. The highest BCUT2D eigenvalue weighted by atomic mass is 79.9. The van der Waals surface area contributed by atoms with E-state index in [1.165, 1.54) is 6.07 Å². The van der Waals surface area contributed by atoms with E-state index in [2.05, 4.69) is 20.9 Å². The summed E-state index contributed by atoms with van der Waals surface area (Å²) in [6.07, 6.45) is 0. The van der Waals surface area contributed by atoms with Crippen molar-refractivity contribution in [2.24, 2.45) is 0 Å². The third kappa shape index (κ3) is 1.30. The van der Waals surface area contributed by atoms with Gasteiger partial charge < -0.3 is 5.73 Å². The molecule has 0 atom stereocenters. The van der Waals surface area contributed by atoms with E-state index < -0.39 is 11.6 Å². The minimum atomic E-state index is -0.906. The van der Waals surface area contributed by atoms with Crippen LogP contribution in [0.2, 0.25) is 0 Å². The van der Waals surface area contributed by atoms with Crippen molar-refractivity contribution >= 4 is 42.6 Å². The van der Waals surface area contributed by atoms with Crippen molar-refractivity contribution in [2.75, 3.05) is 5.73 Å². The molecule has 0 saturated heterocycles. The van der Waals surface area contributed by atoms with Crippen LogP contribution >= 0.6 is 27.3 Å². The first-order valence-corrected chi connectivity index (χ1v) is 4.90. The van der Waals surface area contributed by atoms with Crippen molar-refractivity contribution in [2.45, 2.75) is 0 Å². The summed E-state index contributed by atoms with van der Waals surface area (Å²) in [6.45, 7) is 0. The highest BCUT2D eigenvalue weighted by Crippen LogP contribution is 2.31. The van der Waals surface area contributed by atoms with E-state index in [9.17, 15) is 8.78 Å². The maximum absolute atomic E-state index is 13.2. The van der Waals surface area contributed by atoms with Crippen LogP contribution in [0.1, 0.15) is 0 Å². The quantitative estimate of drug-likeness (QED) is 0.744. The predicted molar refractivity (Wildman–Crippen MR) is 51.6 cm³/mol. The van der Waals surface area contributed by atoms with Gasteiger partial charge >= 0.3 is 0 Å². The highest BCUT2D eigenvalue weighted by molar-refractivity contribution is 9.10. The minimum absolute atomic E-state index is 0.0581. The number of thiazole rings is 1. The molecule has 1 aromatic carbocycles. The van der Waals surface area contributed by atoms with Crippen LogP contribution in [-0.2, 0) is 0 Å². The standard InChI is InChI=1S/C7H3BrF2N2S/c8-2-1-3-6(5(10)4(2)9)13-7(11)12-3/h1H,(H2,11,12). The normalized spacial score (nSPS) is 11.0. The van der Waals surface area contributed by atoms with Gasteiger partial charge in [-0.3, -0.25) is 0 Å². The van der Waals surface area contributed by atoms with Gasteiger partial charge in [-0.25, -0.2) is 13.8 Å². The summed E-state index contributed by atoms with van der Waals surface area (Å²) in [5.41, 5.74) is 5.73. The zero-order valence-corrected chi connectivity index (χ0v) is 8.55. The molecule has 68 valence electrons. The van der Waals surface area contributed by atoms with Gasteiger partial charge in [0.25, 0.3) is 0 Å². The van der Waals surface area contributed by atoms with Crippen molar-refractivity contribution in [3.8, 4) is 0 Å². The Kier molecular flexibility index (Phi) is 1.96. The second kappa shape index (κ2) is 2.88. The highest BCUT2D eigenvalue weighted by Gasteiger charge is 2.14. The van der Waals surface area contributed by atoms with Crippen LogP contribution in [0, 0.1) is 11.6 Å². The van der Waals surface area contributed by atoms with Crippen molar-refractivity contribution < 1.29 is 8.78 Å². The molecule has 2 N–H and O–H groups in total. The van der Waals surface area contributed by atoms with Crippen molar-refractivity contribution in [1.29, 1.82) is 0 Å². The summed E-state index contributed by atoms with van der Waals surface area (Å²) < 4.78 is 26.4. The van der Waals surface area contributed by atoms with Crippen LogP contribution in [-0.4, -0.2) is 4.98 Å². The molecular formula is C7H3BrF2N2S. The maximum atomic E-state index is 13.2. The van der Waals surface area contributed by atoms with E-state index in [0.29, 0.717) is 5.52 Å². The zero-order valence-electron chi connectivity index (χ0n) is 6.14. The summed E-state index contributed by atoms with van der Waals surface area (Å²) in [5.74, 6) is -1.81. The zero-order chi connectivity index (χ0) is 9.59. The van der Waals surface area contributed by atoms with Gasteiger partial charge in [-0.15, -0.1) is 0 Å². The lowest BCUT2D eigenvalue weighted by Crippen LogP contribution is -1.85. The molecule has 0 amide bonds. The molecule has 0 bridgehead atoms. The van der Waals surface area contributed by atoms with Crippen molar-refractivity contribution in [3.63, 3.8) is 0 Å². The number of anilines is 1. The molecule has 6 heteroatoms. The van der Waals surface area contributed by atoms with E-state index >= 15 is 0 Å². The molecular weight excluding hydrogens is 262 g/mol. The first-order chi connectivity index (χ1) is 6.09. The number of aromatic nitrogens is 1. The molecule has 0 fully saturated rings. The van der Waals surface area contributed by atoms with Crippen LogP contribution in [0.25, 0.3) is 10.2 Å². The molecule has 0 aliphatic rings. The minimum Gasteiger partial charge on any atom is -0.375 e. The Balaban J connectivity index is 2.92. The van der Waals surface area contributed by atoms with Crippen LogP contribution in [0.3, 0.4) is 0 Å². The molecule has 0 unspecified atom stereocenters. The summed E-state index contributed by atoms with van der Waals surface area (Å²) in [7, 11) is 0. The number of nitrogen functional groups attached to an aromatic ring is 1. The van der Waals surface area contributed by atoms with Gasteiger partial charge in [0.1, 0.15) is 0 Å². The Bertz CT molecular complexity index is 483. The Labute approximate surface area is 84.5 Å². The molecule has 0 spiro atoms. The summed E-state index contributed by atoms with van der Waals surface area (Å²) >= 11 is 3.82. The fraction of sp³-hybridized carbons (Fsp3) is 0. The molecule has 2 rings (SSSR count). The fourth-order valence-electron chi connectivity index (χ4n) is 0.992. The first kappa shape index (κ1) is 8.83. The summed E-state index contributed by atoms with van der Waals surface area (Å²) in [4.78, 5) is 3.84. The molecule has 0 aliphatic heterocycles. The number of hydrogen-bond acceptors (Lipinski definition) is 3. The maximum Gasteiger partial charge on any atom is 0.181 e. The van der Waals surface area contributed by atoms with Crippen molar-refractivity contribution in [3.05, 3.63) is 22.2 Å². The van der Waals surface area contributed by atoms with Crippen LogP contribution in [0.5, 0.6) is 0 Å². The first-order valence-electron chi connectivity index (χ1n) is 3.29. The topological polar surface area (TPSA) is 38.9 Å². The molecule has 13 heavy (non-hydrogen) atoms. The number of nitrogens with two attached hydrogens (primary N) is 1. The van der Waals surface area contributed by atoms with Gasteiger partial charge in [0, 0.05) is 0 Å². The fourth-order valence-corrected chi connectivity index (χ4v) is 2.12. The van der Waals surface area contributed by atoms with E-state index in [4.69, 9.17) is 5.73 Å². The summed E-state index contributed by atoms with van der Waals surface area (Å²) in [6, 6.07) is 1.40. The lowest BCUT2D eigenvalue weighted by Gasteiger charge is -1.95. The largest absolute Gasteiger partial charge is 0.375 e. The van der Waals surface area contributed by atoms with Gasteiger partial charge in [0.05, 0.1) is 14.7 Å². The Morgan fingerprint density at radius 1 is 1.38 bits per heavy atom. The second-order valence-corrected chi connectivity index (χ2v) is 4.27. The monoisotopic (exact) mass is 264 g/mol. The van der Waals surface area contributed by atoms with Gasteiger partial charge in [-0.1, -0.05) is 11.3 Å². The lowest BCUT2D eigenvalue weighted by atomic mass is 10.3. The molecule has 2 aromatic rings. The van der Waals surface area contributed by atoms with E-state index in [-0.39, 0.29) is 14.3 Å². The lowest BCUT2D eigenvalue weighted by molar-refractivity contribution is 0.513. The Morgan fingerprint density at radius 3 is 2.77 bits per heavy atom. The van der Waals surface area contributed by atoms with Crippen LogP contribution < -0.4 is 5.73 Å². The number of nitrogens with zero attached hydrogens (tertiary/aromatic N) is 1. The van der Waals surface area contributed by atoms with Crippen LogP contribution in [0.4, 0.5) is 13.9 Å². The third-order valence-corrected chi connectivity index (χ3v) is 3.01. The van der Waals surface area contributed by atoms with E-state index in [1.807, 2.05) is 0 Å². The second-order valence-electron chi connectivity index (χ2n) is 2.39. The average Bonchev–Trinajstić information content (AvgIpc) is 2.42. The molecule has 2 nitrogen and oxygen atoms in total. The third-order valence-electron chi connectivity index (χ3n) is 1.54. The molecule has 0 saturated carbocycles. The average molecular weight is 265 g/mol. The summed E-state index contributed by atoms with van der Waals surface area (Å²) in [5, 5.41) is 0.228. The smallest absolute Gasteiger partial charge is 0.181 e. The molecule has 0 aliphatic carbocycles. The SMILES string of the molecule is Nc1nc2cc(Br)c(F)c(F)c2s1. The number of halogens is 3. The molecule has 0 radical (unpaired) electrons. The number of fused-ring (bicyclic) bond motifs is 1. The van der Waals surface area contributed by atoms with Crippen LogP contribution in [0.15, 0.2) is 10.5 Å². The van der Waals surface area contributed by atoms with Crippen molar-refractivity contribution in [1.82, 2.24) is 4.98 Å². The van der Waals surface area contributed by atoms with E-state index in [0.717, 1.165) is 11.3 Å². The number of rotatable bonds is 0. The van der Waals surface area contributed by atoms with Gasteiger partial charge in [0.15, 0.2) is 16.8 Å². The Hall–Kier alpha value is -0.750. The molecule has 1 aromatic heterocycles. The van der Waals surface area contributed by atoms with Gasteiger partial charge in [-0.2, -0.15) is 0 Å². The molecule has 1 heterocycles. The van der Waals surface area contributed by atoms with E-state index in [1.54, 1.807) is 0 Å². The number of hydrogen-bond donors (Lipinski definition) is 1.